The second-order valence-electron chi connectivity index (χ2n) is 3.19. The molecule has 0 radical (unpaired) electrons. The van der Waals surface area contributed by atoms with Crippen LogP contribution in [0.4, 0.5) is 0 Å². The lowest BCUT2D eigenvalue weighted by molar-refractivity contribution is 0.107. The summed E-state index contributed by atoms with van der Waals surface area (Å²) >= 11 is 5.51. The van der Waals surface area contributed by atoms with Gasteiger partial charge in [0.25, 0.3) is 0 Å². The maximum atomic E-state index is 5.51. The molecule has 2 nitrogen and oxygen atoms in total. The van der Waals surface area contributed by atoms with Crippen LogP contribution in [0.1, 0.15) is 13.3 Å². The van der Waals surface area contributed by atoms with Crippen molar-refractivity contribution in [1.82, 2.24) is 5.32 Å². The molecule has 1 fully saturated rings. The molecule has 0 spiro atoms. The van der Waals surface area contributed by atoms with E-state index in [9.17, 15) is 0 Å². The summed E-state index contributed by atoms with van der Waals surface area (Å²) < 4.78 is 5.51. The first kappa shape index (κ1) is 9.30. The van der Waals surface area contributed by atoms with E-state index in [1.54, 1.807) is 0 Å². The minimum Gasteiger partial charge on any atom is -0.377 e. The summed E-state index contributed by atoms with van der Waals surface area (Å²) in [6.07, 6.45) is 1.61. The van der Waals surface area contributed by atoms with Gasteiger partial charge in [0.05, 0.1) is 6.10 Å². The minimum absolute atomic E-state index is 0.424. The van der Waals surface area contributed by atoms with E-state index in [-0.39, 0.29) is 0 Å². The van der Waals surface area contributed by atoms with Gasteiger partial charge in [-0.3, -0.25) is 0 Å². The maximum absolute atomic E-state index is 5.51. The summed E-state index contributed by atoms with van der Waals surface area (Å²) in [6.45, 7) is 4.99. The Morgan fingerprint density at radius 2 is 2.45 bits per heavy atom. The lowest BCUT2D eigenvalue weighted by atomic mass is 10.1. The van der Waals surface area contributed by atoms with Gasteiger partial charge in [-0.15, -0.1) is 11.6 Å². The highest BCUT2D eigenvalue weighted by Crippen LogP contribution is 2.17. The Kier molecular flexibility index (Phi) is 4.20. The molecule has 0 bridgehead atoms. The first-order valence-corrected chi connectivity index (χ1v) is 4.74. The average molecular weight is 178 g/mol. The number of nitrogens with one attached hydrogen (secondary N) is 1. The highest BCUT2D eigenvalue weighted by Gasteiger charge is 2.20. The minimum atomic E-state index is 0.424. The number of alkyl halides is 1. The fraction of sp³-hybridized carbons (Fsp3) is 1.00. The van der Waals surface area contributed by atoms with Gasteiger partial charge in [0, 0.05) is 25.6 Å². The van der Waals surface area contributed by atoms with Crippen LogP contribution in [0.5, 0.6) is 0 Å². The number of ether oxygens (including phenoxy) is 1. The molecular weight excluding hydrogens is 162 g/mol. The summed E-state index contributed by atoms with van der Waals surface area (Å²) in [5.41, 5.74) is 0. The number of halogens is 1. The summed E-state index contributed by atoms with van der Waals surface area (Å²) in [5.74, 6) is 1.42. The van der Waals surface area contributed by atoms with Gasteiger partial charge in [0.2, 0.25) is 0 Å². The predicted molar refractivity (Wildman–Crippen MR) is 47.1 cm³/mol. The van der Waals surface area contributed by atoms with Crippen LogP contribution in [0.15, 0.2) is 0 Å². The van der Waals surface area contributed by atoms with Gasteiger partial charge >= 0.3 is 0 Å². The number of hydrogen-bond acceptors (Lipinski definition) is 2. The lowest BCUT2D eigenvalue weighted by Gasteiger charge is -2.08. The summed E-state index contributed by atoms with van der Waals surface area (Å²) in [5, 5.41) is 3.24. The molecule has 0 aliphatic carbocycles. The maximum Gasteiger partial charge on any atom is 0.0703 e. The molecule has 2 atom stereocenters. The quantitative estimate of drug-likeness (QED) is 0.516. The van der Waals surface area contributed by atoms with Gasteiger partial charge < -0.3 is 10.1 Å². The second kappa shape index (κ2) is 4.96. The zero-order valence-corrected chi connectivity index (χ0v) is 7.73. The Labute approximate surface area is 73.3 Å². The van der Waals surface area contributed by atoms with Crippen LogP contribution in [0, 0.1) is 5.92 Å². The highest BCUT2D eigenvalue weighted by molar-refractivity contribution is 6.18. The molecule has 1 rings (SSSR count). The van der Waals surface area contributed by atoms with E-state index in [0.29, 0.717) is 12.0 Å². The van der Waals surface area contributed by atoms with Crippen molar-refractivity contribution in [2.45, 2.75) is 19.4 Å². The van der Waals surface area contributed by atoms with Crippen LogP contribution in [0.2, 0.25) is 0 Å². The molecule has 1 aliphatic heterocycles. The third kappa shape index (κ3) is 3.41. The van der Waals surface area contributed by atoms with Gasteiger partial charge in [-0.2, -0.15) is 0 Å². The van der Waals surface area contributed by atoms with Crippen LogP contribution >= 0.6 is 11.6 Å². The summed E-state index contributed by atoms with van der Waals surface area (Å²) in [7, 11) is 0. The van der Waals surface area contributed by atoms with E-state index in [1.165, 1.54) is 6.42 Å². The SMILES string of the molecule is CC1CO[C@H](CNCCCl)C1. The monoisotopic (exact) mass is 177 g/mol. The fourth-order valence-electron chi connectivity index (χ4n) is 1.36. The molecular formula is C8H16ClNO. The van der Waals surface area contributed by atoms with E-state index < -0.39 is 0 Å². The standard InChI is InChI=1S/C8H16ClNO/c1-7-4-8(11-6-7)5-10-3-2-9/h7-8,10H,2-6H2,1H3/t7?,8-/m0/s1. The topological polar surface area (TPSA) is 21.3 Å². The van der Waals surface area contributed by atoms with Crippen molar-refractivity contribution in [3.8, 4) is 0 Å². The third-order valence-corrected chi connectivity index (χ3v) is 2.11. The van der Waals surface area contributed by atoms with Crippen molar-refractivity contribution in [2.24, 2.45) is 5.92 Å². The normalized spacial score (nSPS) is 31.1. The molecule has 11 heavy (non-hydrogen) atoms. The molecule has 1 aliphatic rings. The molecule has 3 heteroatoms. The fourth-order valence-corrected chi connectivity index (χ4v) is 1.49. The first-order valence-electron chi connectivity index (χ1n) is 4.21. The van der Waals surface area contributed by atoms with E-state index in [1.807, 2.05) is 0 Å². The van der Waals surface area contributed by atoms with Crippen molar-refractivity contribution >= 4 is 11.6 Å². The highest BCUT2D eigenvalue weighted by atomic mass is 35.5. The Morgan fingerprint density at radius 1 is 1.64 bits per heavy atom. The molecule has 0 aromatic heterocycles. The number of rotatable bonds is 4. The molecule has 0 aromatic carbocycles. The van der Waals surface area contributed by atoms with Gasteiger partial charge in [0.1, 0.15) is 0 Å². The second-order valence-corrected chi connectivity index (χ2v) is 3.57. The van der Waals surface area contributed by atoms with E-state index in [4.69, 9.17) is 16.3 Å². The van der Waals surface area contributed by atoms with Crippen molar-refractivity contribution in [3.05, 3.63) is 0 Å². The van der Waals surface area contributed by atoms with Gasteiger partial charge in [-0.05, 0) is 12.3 Å². The zero-order valence-electron chi connectivity index (χ0n) is 6.98. The van der Waals surface area contributed by atoms with Crippen molar-refractivity contribution in [1.29, 1.82) is 0 Å². The van der Waals surface area contributed by atoms with Crippen molar-refractivity contribution in [3.63, 3.8) is 0 Å². The van der Waals surface area contributed by atoms with Crippen molar-refractivity contribution < 1.29 is 4.74 Å². The van der Waals surface area contributed by atoms with Crippen LogP contribution in [0.3, 0.4) is 0 Å². The van der Waals surface area contributed by atoms with Crippen LogP contribution in [0.25, 0.3) is 0 Å². The average Bonchev–Trinajstić information content (AvgIpc) is 2.37. The van der Waals surface area contributed by atoms with E-state index >= 15 is 0 Å². The summed E-state index contributed by atoms with van der Waals surface area (Å²) in [4.78, 5) is 0. The third-order valence-electron chi connectivity index (χ3n) is 1.92. The largest absolute Gasteiger partial charge is 0.377 e. The molecule has 0 saturated carbocycles. The Balaban J connectivity index is 1.99. The molecule has 0 aromatic rings. The van der Waals surface area contributed by atoms with Crippen LogP contribution < -0.4 is 5.32 Å². The number of hydrogen-bond donors (Lipinski definition) is 1. The van der Waals surface area contributed by atoms with E-state index in [0.717, 1.165) is 25.6 Å². The van der Waals surface area contributed by atoms with Gasteiger partial charge in [-0.1, -0.05) is 6.92 Å². The van der Waals surface area contributed by atoms with Crippen LogP contribution in [-0.4, -0.2) is 31.7 Å². The van der Waals surface area contributed by atoms with Gasteiger partial charge in [-0.25, -0.2) is 0 Å². The molecule has 1 unspecified atom stereocenters. The lowest BCUT2D eigenvalue weighted by Crippen LogP contribution is -2.27. The molecule has 1 N–H and O–H groups in total. The Hall–Kier alpha value is 0.210. The molecule has 66 valence electrons. The summed E-state index contributed by atoms with van der Waals surface area (Å²) in [6, 6.07) is 0. The van der Waals surface area contributed by atoms with E-state index in [2.05, 4.69) is 12.2 Å². The zero-order chi connectivity index (χ0) is 8.10. The Bertz CT molecular complexity index is 110. The molecule has 0 amide bonds. The van der Waals surface area contributed by atoms with Crippen molar-refractivity contribution in [2.75, 3.05) is 25.6 Å². The predicted octanol–water partition coefficient (Wildman–Crippen LogP) is 1.24. The van der Waals surface area contributed by atoms with Gasteiger partial charge in [0.15, 0.2) is 0 Å². The smallest absolute Gasteiger partial charge is 0.0703 e. The molecule has 1 heterocycles. The Morgan fingerprint density at radius 3 is 3.00 bits per heavy atom. The van der Waals surface area contributed by atoms with Crippen LogP contribution in [-0.2, 0) is 4.74 Å². The first-order chi connectivity index (χ1) is 5.33. The molecule has 1 saturated heterocycles.